The van der Waals surface area contributed by atoms with Crippen molar-refractivity contribution in [3.05, 3.63) is 95.6 Å². The van der Waals surface area contributed by atoms with Gasteiger partial charge in [-0.3, -0.25) is 0 Å². The molecule has 3 aromatic carbocycles. The number of hydrogen-bond donors (Lipinski definition) is 0. The Bertz CT molecular complexity index is 750. The maximum Gasteiger partial charge on any atom is 0.0152 e. The second-order valence-electron chi connectivity index (χ2n) is 6.40. The van der Waals surface area contributed by atoms with E-state index in [1.807, 2.05) is 0 Å². The van der Waals surface area contributed by atoms with Gasteiger partial charge >= 0.3 is 0 Å². The van der Waals surface area contributed by atoms with Crippen molar-refractivity contribution in [3.8, 4) is 11.1 Å². The van der Waals surface area contributed by atoms with Gasteiger partial charge in [0.1, 0.15) is 0 Å². The van der Waals surface area contributed by atoms with Crippen LogP contribution in [-0.2, 0) is 5.41 Å². The van der Waals surface area contributed by atoms with Gasteiger partial charge in [-0.1, -0.05) is 98.3 Å². The van der Waals surface area contributed by atoms with Crippen LogP contribution < -0.4 is 0 Å². The van der Waals surface area contributed by atoms with Crippen molar-refractivity contribution >= 4 is 0 Å². The zero-order valence-electron chi connectivity index (χ0n) is 13.5. The molecule has 0 saturated carbocycles. The van der Waals surface area contributed by atoms with E-state index in [9.17, 15) is 0 Å². The van der Waals surface area contributed by atoms with Crippen LogP contribution in [0.15, 0.2) is 78.9 Å². The van der Waals surface area contributed by atoms with Crippen molar-refractivity contribution in [2.24, 2.45) is 0 Å². The van der Waals surface area contributed by atoms with E-state index in [2.05, 4.69) is 99.6 Å². The van der Waals surface area contributed by atoms with Gasteiger partial charge in [-0.2, -0.15) is 0 Å². The summed E-state index contributed by atoms with van der Waals surface area (Å²) in [6.07, 6.45) is 0. The monoisotopic (exact) mass is 286 g/mol. The standard InChI is InChI=1S/C22H22/c1-17-13-15-18(16-14-17)20-11-7-8-12-21(20)22(2,3)19-9-5-4-6-10-19/h4-16H,1-3H3. The highest BCUT2D eigenvalue weighted by Crippen LogP contribution is 2.37. The van der Waals surface area contributed by atoms with Crippen LogP contribution in [0, 0.1) is 6.92 Å². The lowest BCUT2D eigenvalue weighted by Crippen LogP contribution is -2.19. The molecule has 0 bridgehead atoms. The molecular weight excluding hydrogens is 264 g/mol. The summed E-state index contributed by atoms with van der Waals surface area (Å²) in [5, 5.41) is 0. The Labute approximate surface area is 133 Å². The molecule has 0 spiro atoms. The lowest BCUT2D eigenvalue weighted by atomic mass is 9.75. The fraction of sp³-hybridized carbons (Fsp3) is 0.182. The Kier molecular flexibility index (Phi) is 3.85. The molecule has 0 nitrogen and oxygen atoms in total. The molecule has 110 valence electrons. The summed E-state index contributed by atoms with van der Waals surface area (Å²) in [7, 11) is 0. The van der Waals surface area contributed by atoms with Crippen LogP contribution in [0.2, 0.25) is 0 Å². The first-order chi connectivity index (χ1) is 10.6. The first kappa shape index (κ1) is 14.6. The zero-order chi connectivity index (χ0) is 15.6. The molecule has 0 N–H and O–H groups in total. The van der Waals surface area contributed by atoms with Crippen molar-refractivity contribution < 1.29 is 0 Å². The maximum absolute atomic E-state index is 2.30. The van der Waals surface area contributed by atoms with Crippen LogP contribution in [0.5, 0.6) is 0 Å². The van der Waals surface area contributed by atoms with E-state index in [0.717, 1.165) is 0 Å². The second kappa shape index (κ2) is 5.81. The quantitative estimate of drug-likeness (QED) is 0.555. The predicted molar refractivity (Wildman–Crippen MR) is 95.2 cm³/mol. The molecule has 0 heteroatoms. The molecule has 22 heavy (non-hydrogen) atoms. The third-order valence-corrected chi connectivity index (χ3v) is 4.46. The van der Waals surface area contributed by atoms with Crippen molar-refractivity contribution in [3.63, 3.8) is 0 Å². The first-order valence-electron chi connectivity index (χ1n) is 7.81. The lowest BCUT2D eigenvalue weighted by Gasteiger charge is -2.28. The Balaban J connectivity index is 2.14. The topological polar surface area (TPSA) is 0 Å². The summed E-state index contributed by atoms with van der Waals surface area (Å²) in [5.74, 6) is 0. The van der Waals surface area contributed by atoms with Gasteiger partial charge in [0.2, 0.25) is 0 Å². The molecular formula is C22H22. The molecule has 0 heterocycles. The number of benzene rings is 3. The van der Waals surface area contributed by atoms with Gasteiger partial charge in [0, 0.05) is 5.41 Å². The summed E-state index contributed by atoms with van der Waals surface area (Å²) in [6.45, 7) is 6.73. The van der Waals surface area contributed by atoms with Gasteiger partial charge in [0.05, 0.1) is 0 Å². The van der Waals surface area contributed by atoms with Crippen LogP contribution in [0.1, 0.15) is 30.5 Å². The normalized spacial score (nSPS) is 11.4. The first-order valence-corrected chi connectivity index (χ1v) is 7.81. The summed E-state index contributed by atoms with van der Waals surface area (Å²) in [6, 6.07) is 28.3. The van der Waals surface area contributed by atoms with E-state index in [1.54, 1.807) is 0 Å². The lowest BCUT2D eigenvalue weighted by molar-refractivity contribution is 0.642. The molecule has 0 aliphatic heterocycles. The molecule has 0 fully saturated rings. The Morgan fingerprint density at radius 1 is 0.636 bits per heavy atom. The second-order valence-corrected chi connectivity index (χ2v) is 6.40. The average molecular weight is 286 g/mol. The summed E-state index contributed by atoms with van der Waals surface area (Å²) in [5.41, 5.74) is 6.58. The minimum atomic E-state index is -0.0251. The van der Waals surface area contributed by atoms with Crippen LogP contribution >= 0.6 is 0 Å². The maximum atomic E-state index is 2.30. The highest BCUT2D eigenvalue weighted by Gasteiger charge is 2.25. The summed E-state index contributed by atoms with van der Waals surface area (Å²) >= 11 is 0. The smallest absolute Gasteiger partial charge is 0.0152 e. The van der Waals surface area contributed by atoms with Gasteiger partial charge in [0.15, 0.2) is 0 Å². The molecule has 0 amide bonds. The van der Waals surface area contributed by atoms with Crippen molar-refractivity contribution in [1.29, 1.82) is 0 Å². The fourth-order valence-electron chi connectivity index (χ4n) is 3.02. The summed E-state index contributed by atoms with van der Waals surface area (Å²) < 4.78 is 0. The Morgan fingerprint density at radius 2 is 1.23 bits per heavy atom. The minimum absolute atomic E-state index is 0.0251. The van der Waals surface area contributed by atoms with Crippen molar-refractivity contribution in [1.82, 2.24) is 0 Å². The van der Waals surface area contributed by atoms with E-state index in [0.29, 0.717) is 0 Å². The summed E-state index contributed by atoms with van der Waals surface area (Å²) in [4.78, 5) is 0. The highest BCUT2D eigenvalue weighted by atomic mass is 14.3. The number of rotatable bonds is 3. The van der Waals surface area contributed by atoms with Crippen LogP contribution in [0.4, 0.5) is 0 Å². The number of aryl methyl sites for hydroxylation is 1. The molecule has 3 rings (SSSR count). The van der Waals surface area contributed by atoms with Gasteiger partial charge in [-0.05, 0) is 29.2 Å². The van der Waals surface area contributed by atoms with E-state index >= 15 is 0 Å². The van der Waals surface area contributed by atoms with E-state index in [1.165, 1.54) is 27.8 Å². The van der Waals surface area contributed by atoms with Crippen LogP contribution in [0.25, 0.3) is 11.1 Å². The molecule has 0 unspecified atom stereocenters. The van der Waals surface area contributed by atoms with Gasteiger partial charge < -0.3 is 0 Å². The molecule has 0 aromatic heterocycles. The molecule has 0 aliphatic carbocycles. The third-order valence-electron chi connectivity index (χ3n) is 4.46. The highest BCUT2D eigenvalue weighted by molar-refractivity contribution is 5.70. The number of hydrogen-bond acceptors (Lipinski definition) is 0. The van der Waals surface area contributed by atoms with Crippen molar-refractivity contribution in [2.75, 3.05) is 0 Å². The largest absolute Gasteiger partial charge is 0.0622 e. The van der Waals surface area contributed by atoms with Crippen LogP contribution in [-0.4, -0.2) is 0 Å². The van der Waals surface area contributed by atoms with Crippen molar-refractivity contribution in [2.45, 2.75) is 26.2 Å². The Hall–Kier alpha value is -2.34. The zero-order valence-corrected chi connectivity index (χ0v) is 13.5. The van der Waals surface area contributed by atoms with Gasteiger partial charge in [0.25, 0.3) is 0 Å². The van der Waals surface area contributed by atoms with Crippen LogP contribution in [0.3, 0.4) is 0 Å². The van der Waals surface area contributed by atoms with Gasteiger partial charge in [-0.15, -0.1) is 0 Å². The predicted octanol–water partition coefficient (Wildman–Crippen LogP) is 5.99. The molecule has 3 aromatic rings. The molecule has 0 radical (unpaired) electrons. The minimum Gasteiger partial charge on any atom is -0.0622 e. The Morgan fingerprint density at radius 3 is 1.91 bits per heavy atom. The van der Waals surface area contributed by atoms with E-state index in [4.69, 9.17) is 0 Å². The molecule has 0 saturated heterocycles. The van der Waals surface area contributed by atoms with E-state index < -0.39 is 0 Å². The SMILES string of the molecule is Cc1ccc(-c2ccccc2C(C)(C)c2ccccc2)cc1. The molecule has 0 aliphatic rings. The van der Waals surface area contributed by atoms with Gasteiger partial charge in [-0.25, -0.2) is 0 Å². The third kappa shape index (κ3) is 2.69. The molecule has 0 atom stereocenters. The fourth-order valence-corrected chi connectivity index (χ4v) is 3.02. The van der Waals surface area contributed by atoms with E-state index in [-0.39, 0.29) is 5.41 Å². The average Bonchev–Trinajstić information content (AvgIpc) is 2.56.